The molecule has 0 saturated carbocycles. The summed E-state index contributed by atoms with van der Waals surface area (Å²) in [7, 11) is 0. The molecule has 0 saturated heterocycles. The van der Waals surface area contributed by atoms with Crippen LogP contribution >= 0.6 is 0 Å². The molecule has 108 valence electrons. The van der Waals surface area contributed by atoms with Crippen LogP contribution in [0.4, 0.5) is 0 Å². The van der Waals surface area contributed by atoms with Crippen molar-refractivity contribution < 1.29 is 4.42 Å². The number of nitrogens with two attached hydrogens (primary N) is 1. The van der Waals surface area contributed by atoms with E-state index in [1.807, 2.05) is 13.0 Å². The van der Waals surface area contributed by atoms with E-state index >= 15 is 0 Å². The van der Waals surface area contributed by atoms with Gasteiger partial charge in [-0.25, -0.2) is 0 Å². The van der Waals surface area contributed by atoms with Crippen molar-refractivity contribution in [3.05, 3.63) is 59.0 Å². The SMILES string of the molecule is Cc1cc(C(Cc2ccc(C(C)(C)C)cc2)NN)co1. The first kappa shape index (κ1) is 14.8. The molecule has 0 aliphatic heterocycles. The molecular weight excluding hydrogens is 248 g/mol. The van der Waals surface area contributed by atoms with Crippen molar-refractivity contribution >= 4 is 0 Å². The van der Waals surface area contributed by atoms with Crippen LogP contribution in [0.15, 0.2) is 41.0 Å². The minimum Gasteiger partial charge on any atom is -0.469 e. The third-order valence-corrected chi connectivity index (χ3v) is 3.61. The highest BCUT2D eigenvalue weighted by atomic mass is 16.3. The zero-order valence-electron chi connectivity index (χ0n) is 12.7. The highest BCUT2D eigenvalue weighted by Crippen LogP contribution is 2.24. The largest absolute Gasteiger partial charge is 0.469 e. The number of rotatable bonds is 4. The van der Waals surface area contributed by atoms with Gasteiger partial charge >= 0.3 is 0 Å². The number of benzene rings is 1. The van der Waals surface area contributed by atoms with E-state index in [-0.39, 0.29) is 11.5 Å². The average Bonchev–Trinajstić information content (AvgIpc) is 2.82. The summed E-state index contributed by atoms with van der Waals surface area (Å²) in [5.74, 6) is 6.58. The van der Waals surface area contributed by atoms with Gasteiger partial charge in [-0.15, -0.1) is 0 Å². The summed E-state index contributed by atoms with van der Waals surface area (Å²) in [6.45, 7) is 8.61. The molecule has 1 heterocycles. The van der Waals surface area contributed by atoms with Gasteiger partial charge in [-0.05, 0) is 36.0 Å². The van der Waals surface area contributed by atoms with Crippen molar-refractivity contribution in [2.24, 2.45) is 5.84 Å². The van der Waals surface area contributed by atoms with Crippen LogP contribution in [0.25, 0.3) is 0 Å². The number of nitrogens with one attached hydrogen (secondary N) is 1. The minimum absolute atomic E-state index is 0.0768. The molecule has 0 bridgehead atoms. The smallest absolute Gasteiger partial charge is 0.101 e. The zero-order chi connectivity index (χ0) is 14.8. The third-order valence-electron chi connectivity index (χ3n) is 3.61. The average molecular weight is 272 g/mol. The summed E-state index contributed by atoms with van der Waals surface area (Å²) >= 11 is 0. The highest BCUT2D eigenvalue weighted by molar-refractivity contribution is 5.29. The van der Waals surface area contributed by atoms with Gasteiger partial charge in [0.15, 0.2) is 0 Å². The number of hydrogen-bond acceptors (Lipinski definition) is 3. The van der Waals surface area contributed by atoms with Gasteiger partial charge in [0.1, 0.15) is 5.76 Å². The van der Waals surface area contributed by atoms with Gasteiger partial charge in [-0.1, -0.05) is 45.0 Å². The molecule has 0 aliphatic carbocycles. The second kappa shape index (κ2) is 5.81. The molecule has 3 nitrogen and oxygen atoms in total. The number of hydrogen-bond donors (Lipinski definition) is 2. The van der Waals surface area contributed by atoms with Gasteiger partial charge in [-0.3, -0.25) is 11.3 Å². The van der Waals surface area contributed by atoms with Gasteiger partial charge in [0.05, 0.1) is 12.3 Å². The van der Waals surface area contributed by atoms with Gasteiger partial charge in [0.25, 0.3) is 0 Å². The van der Waals surface area contributed by atoms with Crippen molar-refractivity contribution in [1.82, 2.24) is 5.43 Å². The van der Waals surface area contributed by atoms with E-state index in [2.05, 4.69) is 50.5 Å². The van der Waals surface area contributed by atoms with Crippen LogP contribution in [0.2, 0.25) is 0 Å². The topological polar surface area (TPSA) is 51.2 Å². The molecule has 3 N–H and O–H groups in total. The molecule has 1 aromatic carbocycles. The summed E-state index contributed by atoms with van der Waals surface area (Å²) in [5, 5.41) is 0. The van der Waals surface area contributed by atoms with Crippen LogP contribution in [-0.2, 0) is 11.8 Å². The van der Waals surface area contributed by atoms with E-state index in [0.29, 0.717) is 0 Å². The third kappa shape index (κ3) is 3.50. The number of hydrazine groups is 1. The fraction of sp³-hybridized carbons (Fsp3) is 0.412. The lowest BCUT2D eigenvalue weighted by molar-refractivity contribution is 0.511. The lowest BCUT2D eigenvalue weighted by atomic mass is 9.86. The second-order valence-electron chi connectivity index (χ2n) is 6.36. The molecular formula is C17H24N2O. The lowest BCUT2D eigenvalue weighted by Gasteiger charge is -2.20. The first-order valence-electron chi connectivity index (χ1n) is 7.01. The Morgan fingerprint density at radius 2 is 1.85 bits per heavy atom. The Bertz CT molecular complexity index is 549. The Labute approximate surface area is 121 Å². The molecule has 0 spiro atoms. The number of furan rings is 1. The quantitative estimate of drug-likeness (QED) is 0.660. The molecule has 0 aliphatic rings. The molecule has 0 radical (unpaired) electrons. The molecule has 2 aromatic rings. The maximum atomic E-state index is 5.67. The normalized spacial score (nSPS) is 13.4. The molecule has 1 unspecified atom stereocenters. The summed E-state index contributed by atoms with van der Waals surface area (Å²) in [4.78, 5) is 0. The van der Waals surface area contributed by atoms with E-state index in [1.165, 1.54) is 11.1 Å². The maximum Gasteiger partial charge on any atom is 0.101 e. The summed E-state index contributed by atoms with van der Waals surface area (Å²) in [6, 6.07) is 10.9. The molecule has 1 aromatic heterocycles. The molecule has 2 rings (SSSR count). The zero-order valence-corrected chi connectivity index (χ0v) is 12.7. The maximum absolute atomic E-state index is 5.67. The first-order valence-corrected chi connectivity index (χ1v) is 7.01. The van der Waals surface area contributed by atoms with Gasteiger partial charge in [0.2, 0.25) is 0 Å². The minimum atomic E-state index is 0.0768. The summed E-state index contributed by atoms with van der Waals surface area (Å²) in [6.07, 6.45) is 2.61. The van der Waals surface area contributed by atoms with Crippen molar-refractivity contribution in [3.8, 4) is 0 Å². The first-order chi connectivity index (χ1) is 9.40. The van der Waals surface area contributed by atoms with Crippen molar-refractivity contribution in [2.75, 3.05) is 0 Å². The van der Waals surface area contributed by atoms with Crippen LogP contribution in [0.5, 0.6) is 0 Å². The number of aryl methyl sites for hydroxylation is 1. The predicted octanol–water partition coefficient (Wildman–Crippen LogP) is 3.63. The van der Waals surface area contributed by atoms with Crippen LogP contribution in [0.3, 0.4) is 0 Å². The standard InChI is InChI=1S/C17H24N2O/c1-12-9-14(11-20-12)16(19-18)10-13-5-7-15(8-6-13)17(2,3)4/h5-9,11,16,19H,10,18H2,1-4H3. The Hall–Kier alpha value is -1.58. The van der Waals surface area contributed by atoms with E-state index in [0.717, 1.165) is 17.7 Å². The Morgan fingerprint density at radius 1 is 1.20 bits per heavy atom. The van der Waals surface area contributed by atoms with E-state index < -0.39 is 0 Å². The van der Waals surface area contributed by atoms with Crippen LogP contribution < -0.4 is 11.3 Å². The molecule has 3 heteroatoms. The van der Waals surface area contributed by atoms with Gasteiger partial charge < -0.3 is 4.42 Å². The second-order valence-corrected chi connectivity index (χ2v) is 6.36. The van der Waals surface area contributed by atoms with E-state index in [1.54, 1.807) is 6.26 Å². The lowest BCUT2D eigenvalue weighted by Crippen LogP contribution is -2.29. The summed E-state index contributed by atoms with van der Waals surface area (Å²) < 4.78 is 5.35. The van der Waals surface area contributed by atoms with E-state index in [4.69, 9.17) is 10.3 Å². The Morgan fingerprint density at radius 3 is 2.30 bits per heavy atom. The molecule has 20 heavy (non-hydrogen) atoms. The summed E-state index contributed by atoms with van der Waals surface area (Å²) in [5.41, 5.74) is 6.75. The molecule has 0 fully saturated rings. The van der Waals surface area contributed by atoms with Crippen LogP contribution in [0.1, 0.15) is 49.3 Å². The Kier molecular flexibility index (Phi) is 4.31. The van der Waals surface area contributed by atoms with Crippen molar-refractivity contribution in [3.63, 3.8) is 0 Å². The van der Waals surface area contributed by atoms with Crippen molar-refractivity contribution in [2.45, 2.75) is 45.6 Å². The van der Waals surface area contributed by atoms with Crippen molar-refractivity contribution in [1.29, 1.82) is 0 Å². The van der Waals surface area contributed by atoms with Crippen LogP contribution in [-0.4, -0.2) is 0 Å². The van der Waals surface area contributed by atoms with Crippen LogP contribution in [0, 0.1) is 6.92 Å². The molecule has 1 atom stereocenters. The fourth-order valence-electron chi connectivity index (χ4n) is 2.30. The van der Waals surface area contributed by atoms with Gasteiger partial charge in [0, 0.05) is 5.56 Å². The monoisotopic (exact) mass is 272 g/mol. The fourth-order valence-corrected chi connectivity index (χ4v) is 2.30. The molecule has 0 amide bonds. The Balaban J connectivity index is 2.12. The van der Waals surface area contributed by atoms with Gasteiger partial charge in [-0.2, -0.15) is 0 Å². The predicted molar refractivity (Wildman–Crippen MR) is 82.4 cm³/mol. The highest BCUT2D eigenvalue weighted by Gasteiger charge is 2.15. The van der Waals surface area contributed by atoms with E-state index in [9.17, 15) is 0 Å².